The number of hydrogen-bond acceptors (Lipinski definition) is 4. The molecule has 0 aromatic heterocycles. The van der Waals surface area contributed by atoms with Crippen LogP contribution in [0.1, 0.15) is 38.3 Å². The number of morpholine rings is 1. The van der Waals surface area contributed by atoms with Crippen LogP contribution in [-0.2, 0) is 15.9 Å². The summed E-state index contributed by atoms with van der Waals surface area (Å²) in [5, 5.41) is 9.05. The molecule has 0 N–H and O–H groups in total. The molecule has 1 aromatic rings. The van der Waals surface area contributed by atoms with Gasteiger partial charge in [-0.3, -0.25) is 4.90 Å². The predicted octanol–water partition coefficient (Wildman–Crippen LogP) is 3.44. The van der Waals surface area contributed by atoms with E-state index in [9.17, 15) is 4.79 Å². The lowest BCUT2D eigenvalue weighted by Crippen LogP contribution is -2.57. The molecule has 2 bridgehead atoms. The van der Waals surface area contributed by atoms with Crippen LogP contribution in [0.2, 0.25) is 0 Å². The predicted molar refractivity (Wildman–Crippen MR) is 94.0 cm³/mol. The first-order valence-electron chi connectivity index (χ1n) is 8.63. The fourth-order valence-electron chi connectivity index (χ4n) is 3.43. The molecule has 3 rings (SSSR count). The minimum absolute atomic E-state index is 0.00718. The Hall–Kier alpha value is -2.32. The second kappa shape index (κ2) is 6.89. The van der Waals surface area contributed by atoms with Crippen molar-refractivity contribution in [3.63, 3.8) is 0 Å². The zero-order chi connectivity index (χ0) is 18.0. The fourth-order valence-corrected chi connectivity index (χ4v) is 3.43. The number of ether oxygens (including phenoxy) is 2. The second-order valence-electron chi connectivity index (χ2n) is 7.66. The first-order chi connectivity index (χ1) is 11.9. The van der Waals surface area contributed by atoms with Crippen molar-refractivity contribution in [2.75, 3.05) is 13.2 Å². The van der Waals surface area contributed by atoms with E-state index < -0.39 is 5.60 Å². The Balaban J connectivity index is 1.77. The summed E-state index contributed by atoms with van der Waals surface area (Å²) < 4.78 is 11.2. The van der Waals surface area contributed by atoms with Gasteiger partial charge in [0.25, 0.3) is 0 Å². The summed E-state index contributed by atoms with van der Waals surface area (Å²) in [7, 11) is 0. The van der Waals surface area contributed by atoms with E-state index in [1.807, 2.05) is 49.9 Å². The summed E-state index contributed by atoms with van der Waals surface area (Å²) in [6.07, 6.45) is 3.42. The normalized spacial score (nSPS) is 22.8. The van der Waals surface area contributed by atoms with Crippen molar-refractivity contribution < 1.29 is 14.3 Å². The molecule has 0 saturated carbocycles. The zero-order valence-corrected chi connectivity index (χ0v) is 15.0. The summed E-state index contributed by atoms with van der Waals surface area (Å²) in [4.78, 5) is 14.4. The fraction of sp³-hybridized carbons (Fsp3) is 0.500. The number of fused-ring (bicyclic) bond motifs is 2. The van der Waals surface area contributed by atoms with Crippen LogP contribution in [-0.4, -0.2) is 41.9 Å². The van der Waals surface area contributed by atoms with Gasteiger partial charge in [0.1, 0.15) is 5.60 Å². The minimum Gasteiger partial charge on any atom is -0.444 e. The van der Waals surface area contributed by atoms with Gasteiger partial charge in [0.05, 0.1) is 36.9 Å². The quantitative estimate of drug-likeness (QED) is 0.774. The lowest BCUT2D eigenvalue weighted by atomic mass is 9.90. The number of carbonyl (C=O) groups is 1. The number of nitrogens with zero attached hydrogens (tertiary/aromatic N) is 2. The SMILES string of the molecule is CC(C)(C)OC(=O)N1C2C=C(Cc3cccc(C#N)c3)CC1COC2. The van der Waals surface area contributed by atoms with Crippen molar-refractivity contribution in [1.29, 1.82) is 5.26 Å². The van der Waals surface area contributed by atoms with Crippen LogP contribution in [0, 0.1) is 11.3 Å². The third-order valence-electron chi connectivity index (χ3n) is 4.37. The van der Waals surface area contributed by atoms with Crippen molar-refractivity contribution in [2.24, 2.45) is 0 Å². The zero-order valence-electron chi connectivity index (χ0n) is 15.0. The minimum atomic E-state index is -0.506. The van der Waals surface area contributed by atoms with Gasteiger partial charge in [-0.25, -0.2) is 4.79 Å². The standard InChI is InChI=1S/C20H24N2O3/c1-20(2,3)25-19(23)22-17-9-16(10-18(22)13-24-12-17)8-14-5-4-6-15(7-14)11-21/h4-7,9,17-18H,8,10,12-13H2,1-3H3. The number of rotatable bonds is 2. The van der Waals surface area contributed by atoms with Crippen LogP contribution in [0.4, 0.5) is 4.79 Å². The Morgan fingerprint density at radius 2 is 2.20 bits per heavy atom. The Kier molecular flexibility index (Phi) is 4.82. The van der Waals surface area contributed by atoms with Gasteiger partial charge < -0.3 is 9.47 Å². The lowest BCUT2D eigenvalue weighted by Gasteiger charge is -2.44. The van der Waals surface area contributed by atoms with E-state index >= 15 is 0 Å². The monoisotopic (exact) mass is 340 g/mol. The molecular weight excluding hydrogens is 316 g/mol. The van der Waals surface area contributed by atoms with E-state index in [1.165, 1.54) is 5.57 Å². The molecule has 25 heavy (non-hydrogen) atoms. The molecule has 2 heterocycles. The van der Waals surface area contributed by atoms with E-state index in [-0.39, 0.29) is 18.2 Å². The molecule has 1 fully saturated rings. The molecule has 0 spiro atoms. The number of hydrogen-bond donors (Lipinski definition) is 0. The summed E-state index contributed by atoms with van der Waals surface area (Å²) >= 11 is 0. The lowest BCUT2D eigenvalue weighted by molar-refractivity contribution is -0.0536. The van der Waals surface area contributed by atoms with E-state index in [4.69, 9.17) is 14.7 Å². The Bertz CT molecular complexity index is 727. The Morgan fingerprint density at radius 3 is 2.88 bits per heavy atom. The van der Waals surface area contributed by atoms with Crippen LogP contribution in [0.25, 0.3) is 0 Å². The molecule has 1 amide bonds. The molecule has 2 atom stereocenters. The summed E-state index contributed by atoms with van der Waals surface area (Å²) in [6.45, 7) is 6.67. The van der Waals surface area contributed by atoms with E-state index in [1.54, 1.807) is 0 Å². The van der Waals surface area contributed by atoms with Gasteiger partial charge in [-0.2, -0.15) is 5.26 Å². The first kappa shape index (κ1) is 17.5. The highest BCUT2D eigenvalue weighted by atomic mass is 16.6. The van der Waals surface area contributed by atoms with Gasteiger partial charge in [-0.15, -0.1) is 0 Å². The number of nitriles is 1. The van der Waals surface area contributed by atoms with Crippen molar-refractivity contribution >= 4 is 6.09 Å². The van der Waals surface area contributed by atoms with Gasteiger partial charge in [-0.05, 0) is 51.3 Å². The van der Waals surface area contributed by atoms with Crippen LogP contribution in [0.5, 0.6) is 0 Å². The van der Waals surface area contributed by atoms with Gasteiger partial charge in [0.15, 0.2) is 0 Å². The third-order valence-corrected chi connectivity index (χ3v) is 4.37. The van der Waals surface area contributed by atoms with E-state index in [2.05, 4.69) is 12.1 Å². The second-order valence-corrected chi connectivity index (χ2v) is 7.66. The smallest absolute Gasteiger partial charge is 0.411 e. The van der Waals surface area contributed by atoms with E-state index in [0.717, 1.165) is 18.4 Å². The van der Waals surface area contributed by atoms with Gasteiger partial charge in [0.2, 0.25) is 0 Å². The maximum Gasteiger partial charge on any atom is 0.411 e. The van der Waals surface area contributed by atoms with Crippen molar-refractivity contribution in [2.45, 2.75) is 51.3 Å². The highest BCUT2D eigenvalue weighted by molar-refractivity contribution is 5.70. The number of carbonyl (C=O) groups excluding carboxylic acids is 1. The molecule has 2 aliphatic heterocycles. The molecule has 2 aliphatic rings. The Morgan fingerprint density at radius 1 is 1.40 bits per heavy atom. The van der Waals surface area contributed by atoms with Crippen LogP contribution < -0.4 is 0 Å². The molecule has 1 aromatic carbocycles. The maximum absolute atomic E-state index is 12.6. The summed E-state index contributed by atoms with van der Waals surface area (Å²) in [5.74, 6) is 0. The van der Waals surface area contributed by atoms with Gasteiger partial charge >= 0.3 is 6.09 Å². The Labute approximate surface area is 148 Å². The average Bonchev–Trinajstić information content (AvgIpc) is 2.52. The average molecular weight is 340 g/mol. The topological polar surface area (TPSA) is 62.6 Å². The van der Waals surface area contributed by atoms with Crippen LogP contribution in [0.3, 0.4) is 0 Å². The van der Waals surface area contributed by atoms with Gasteiger partial charge in [-0.1, -0.05) is 23.8 Å². The summed E-state index contributed by atoms with van der Waals surface area (Å²) in [6, 6.07) is 9.78. The third kappa shape index (κ3) is 4.21. The van der Waals surface area contributed by atoms with E-state index in [0.29, 0.717) is 18.8 Å². The largest absolute Gasteiger partial charge is 0.444 e. The van der Waals surface area contributed by atoms with Crippen molar-refractivity contribution in [3.05, 3.63) is 47.0 Å². The molecule has 2 unspecified atom stereocenters. The molecular formula is C20H24N2O3. The molecule has 0 aliphatic carbocycles. The summed E-state index contributed by atoms with van der Waals surface area (Å²) in [5.41, 5.74) is 2.57. The van der Waals surface area contributed by atoms with Crippen molar-refractivity contribution in [3.8, 4) is 6.07 Å². The van der Waals surface area contributed by atoms with Crippen LogP contribution in [0.15, 0.2) is 35.9 Å². The van der Waals surface area contributed by atoms with Gasteiger partial charge in [0, 0.05) is 0 Å². The molecule has 132 valence electrons. The molecule has 1 saturated heterocycles. The molecule has 5 heteroatoms. The van der Waals surface area contributed by atoms with Crippen molar-refractivity contribution in [1.82, 2.24) is 4.90 Å². The number of amides is 1. The highest BCUT2D eigenvalue weighted by Gasteiger charge is 2.39. The molecule has 5 nitrogen and oxygen atoms in total. The first-order valence-corrected chi connectivity index (χ1v) is 8.63. The van der Waals surface area contributed by atoms with Crippen LogP contribution >= 0.6 is 0 Å². The molecule has 0 radical (unpaired) electrons. The highest BCUT2D eigenvalue weighted by Crippen LogP contribution is 2.30. The maximum atomic E-state index is 12.6. The number of benzene rings is 1.